The average molecular weight is 238 g/mol. The Morgan fingerprint density at radius 3 is 2.94 bits per heavy atom. The van der Waals surface area contributed by atoms with Gasteiger partial charge in [-0.3, -0.25) is 4.98 Å². The number of aryl methyl sites for hydroxylation is 1. The molecular formula is C14H10N2O2. The van der Waals surface area contributed by atoms with Crippen LogP contribution < -0.4 is 4.74 Å². The second-order valence-corrected chi connectivity index (χ2v) is 4.14. The Morgan fingerprint density at radius 1 is 1.39 bits per heavy atom. The van der Waals surface area contributed by atoms with Crippen molar-refractivity contribution in [3.63, 3.8) is 0 Å². The SMILES string of the molecule is Cc1nc2c(cc1C#N)C(O)Oc1ccccc1-2. The van der Waals surface area contributed by atoms with Crippen LogP contribution in [0.15, 0.2) is 30.3 Å². The van der Waals surface area contributed by atoms with Gasteiger partial charge in [0.1, 0.15) is 11.8 Å². The summed E-state index contributed by atoms with van der Waals surface area (Å²) in [7, 11) is 0. The first kappa shape index (κ1) is 10.8. The number of para-hydroxylation sites is 1. The molecule has 1 aromatic heterocycles. The number of aromatic nitrogens is 1. The standard InChI is InChI=1S/C14H10N2O2/c1-8-9(7-15)6-11-13(16-8)10-4-2-3-5-12(10)18-14(11)17/h2-6,14,17H,1H3. The van der Waals surface area contributed by atoms with E-state index in [1.165, 1.54) is 0 Å². The fourth-order valence-electron chi connectivity index (χ4n) is 2.09. The van der Waals surface area contributed by atoms with Crippen LogP contribution in [0.5, 0.6) is 5.75 Å². The highest BCUT2D eigenvalue weighted by atomic mass is 16.6. The zero-order valence-electron chi connectivity index (χ0n) is 9.71. The fourth-order valence-corrected chi connectivity index (χ4v) is 2.09. The number of nitrogens with zero attached hydrogens (tertiary/aromatic N) is 2. The van der Waals surface area contributed by atoms with Gasteiger partial charge in [0.2, 0.25) is 6.29 Å². The van der Waals surface area contributed by atoms with Crippen LogP contribution in [0.2, 0.25) is 0 Å². The van der Waals surface area contributed by atoms with Crippen LogP contribution in [0.4, 0.5) is 0 Å². The van der Waals surface area contributed by atoms with Crippen molar-refractivity contribution in [2.75, 3.05) is 0 Å². The molecule has 1 aliphatic rings. The van der Waals surface area contributed by atoms with Gasteiger partial charge in [0.15, 0.2) is 0 Å². The summed E-state index contributed by atoms with van der Waals surface area (Å²) in [4.78, 5) is 4.41. The highest BCUT2D eigenvalue weighted by Crippen LogP contribution is 2.40. The molecule has 88 valence electrons. The molecule has 0 radical (unpaired) electrons. The van der Waals surface area contributed by atoms with Crippen molar-refractivity contribution in [3.8, 4) is 23.1 Å². The van der Waals surface area contributed by atoms with E-state index in [0.29, 0.717) is 28.3 Å². The summed E-state index contributed by atoms with van der Waals surface area (Å²) >= 11 is 0. The third kappa shape index (κ3) is 1.45. The summed E-state index contributed by atoms with van der Waals surface area (Å²) < 4.78 is 5.40. The Hall–Kier alpha value is -2.38. The minimum Gasteiger partial charge on any atom is -0.460 e. The maximum absolute atomic E-state index is 9.95. The maximum Gasteiger partial charge on any atom is 0.226 e. The van der Waals surface area contributed by atoms with Gasteiger partial charge in [-0.2, -0.15) is 5.26 Å². The lowest BCUT2D eigenvalue weighted by Gasteiger charge is -2.24. The number of benzene rings is 1. The molecule has 18 heavy (non-hydrogen) atoms. The van der Waals surface area contributed by atoms with Crippen molar-refractivity contribution in [2.24, 2.45) is 0 Å². The Kier molecular flexibility index (Phi) is 2.29. The third-order valence-electron chi connectivity index (χ3n) is 3.01. The van der Waals surface area contributed by atoms with E-state index in [4.69, 9.17) is 10.00 Å². The van der Waals surface area contributed by atoms with Crippen LogP contribution in [-0.4, -0.2) is 10.1 Å². The molecule has 0 amide bonds. The molecule has 1 aliphatic heterocycles. The first-order valence-electron chi connectivity index (χ1n) is 5.56. The molecular weight excluding hydrogens is 228 g/mol. The average Bonchev–Trinajstić information content (AvgIpc) is 2.38. The molecule has 1 atom stereocenters. The molecule has 0 bridgehead atoms. The predicted octanol–water partition coefficient (Wildman–Crippen LogP) is 2.31. The Balaban J connectivity index is 2.31. The van der Waals surface area contributed by atoms with E-state index in [0.717, 1.165) is 5.56 Å². The van der Waals surface area contributed by atoms with Gasteiger partial charge in [-0.25, -0.2) is 0 Å². The van der Waals surface area contributed by atoms with E-state index in [2.05, 4.69) is 11.1 Å². The van der Waals surface area contributed by atoms with Crippen LogP contribution in [0.25, 0.3) is 11.3 Å². The smallest absolute Gasteiger partial charge is 0.226 e. The molecule has 4 heteroatoms. The number of fused-ring (bicyclic) bond motifs is 3. The molecule has 2 heterocycles. The van der Waals surface area contributed by atoms with E-state index in [9.17, 15) is 5.11 Å². The molecule has 0 saturated heterocycles. The van der Waals surface area contributed by atoms with Gasteiger partial charge in [-0.15, -0.1) is 0 Å². The van der Waals surface area contributed by atoms with Gasteiger partial charge in [-0.1, -0.05) is 12.1 Å². The number of hydrogen-bond donors (Lipinski definition) is 1. The second kappa shape index (κ2) is 3.83. The van der Waals surface area contributed by atoms with Gasteiger partial charge >= 0.3 is 0 Å². The van der Waals surface area contributed by atoms with Crippen LogP contribution in [-0.2, 0) is 0 Å². The van der Waals surface area contributed by atoms with Crippen molar-refractivity contribution in [1.82, 2.24) is 4.98 Å². The highest BCUT2D eigenvalue weighted by Gasteiger charge is 2.26. The zero-order chi connectivity index (χ0) is 12.7. The largest absolute Gasteiger partial charge is 0.460 e. The number of ether oxygens (including phenoxy) is 1. The molecule has 3 rings (SSSR count). The molecule has 0 spiro atoms. The van der Waals surface area contributed by atoms with E-state index >= 15 is 0 Å². The Morgan fingerprint density at radius 2 is 2.17 bits per heavy atom. The second-order valence-electron chi connectivity index (χ2n) is 4.14. The summed E-state index contributed by atoms with van der Waals surface area (Å²) in [6.07, 6.45) is -1.07. The lowest BCUT2D eigenvalue weighted by Crippen LogP contribution is -2.15. The van der Waals surface area contributed by atoms with E-state index in [1.54, 1.807) is 19.1 Å². The number of nitriles is 1. The van der Waals surface area contributed by atoms with Gasteiger partial charge in [0, 0.05) is 11.1 Å². The topological polar surface area (TPSA) is 66.1 Å². The van der Waals surface area contributed by atoms with Crippen molar-refractivity contribution in [2.45, 2.75) is 13.2 Å². The minimum atomic E-state index is -1.07. The number of aliphatic hydroxyl groups excluding tert-OH is 1. The van der Waals surface area contributed by atoms with Crippen molar-refractivity contribution in [1.29, 1.82) is 5.26 Å². The van der Waals surface area contributed by atoms with Crippen LogP contribution in [0, 0.1) is 18.3 Å². The van der Waals surface area contributed by atoms with E-state index in [-0.39, 0.29) is 0 Å². The summed E-state index contributed by atoms with van der Waals surface area (Å²) in [5.41, 5.74) is 3.16. The summed E-state index contributed by atoms with van der Waals surface area (Å²) in [5.74, 6) is 0.606. The van der Waals surface area contributed by atoms with E-state index in [1.807, 2.05) is 18.2 Å². The third-order valence-corrected chi connectivity index (χ3v) is 3.01. The summed E-state index contributed by atoms with van der Waals surface area (Å²) in [5, 5.41) is 18.9. The predicted molar refractivity (Wildman–Crippen MR) is 64.7 cm³/mol. The number of rotatable bonds is 0. The molecule has 1 N–H and O–H groups in total. The maximum atomic E-state index is 9.95. The number of hydrogen-bond acceptors (Lipinski definition) is 4. The van der Waals surface area contributed by atoms with Crippen molar-refractivity contribution >= 4 is 0 Å². The van der Waals surface area contributed by atoms with Gasteiger partial charge < -0.3 is 9.84 Å². The first-order valence-corrected chi connectivity index (χ1v) is 5.56. The van der Waals surface area contributed by atoms with Gasteiger partial charge in [-0.05, 0) is 25.1 Å². The van der Waals surface area contributed by atoms with Gasteiger partial charge in [0.05, 0.1) is 17.0 Å². The normalized spacial score (nSPS) is 16.2. The Bertz CT molecular complexity index is 674. The fraction of sp³-hybridized carbons (Fsp3) is 0.143. The molecule has 4 nitrogen and oxygen atoms in total. The lowest BCUT2D eigenvalue weighted by molar-refractivity contribution is -0.0216. The molecule has 0 saturated carbocycles. The number of pyridine rings is 1. The molecule has 1 unspecified atom stereocenters. The molecule has 2 aromatic rings. The molecule has 0 fully saturated rings. The summed E-state index contributed by atoms with van der Waals surface area (Å²) in [6, 6.07) is 11.1. The summed E-state index contributed by atoms with van der Waals surface area (Å²) in [6.45, 7) is 1.78. The van der Waals surface area contributed by atoms with E-state index < -0.39 is 6.29 Å². The quantitative estimate of drug-likeness (QED) is 0.764. The zero-order valence-corrected chi connectivity index (χ0v) is 9.71. The Labute approximate surface area is 104 Å². The molecule has 0 aliphatic carbocycles. The van der Waals surface area contributed by atoms with Crippen LogP contribution in [0.3, 0.4) is 0 Å². The van der Waals surface area contributed by atoms with Crippen molar-refractivity contribution in [3.05, 3.63) is 47.2 Å². The van der Waals surface area contributed by atoms with Gasteiger partial charge in [0.25, 0.3) is 0 Å². The monoisotopic (exact) mass is 238 g/mol. The number of aliphatic hydroxyl groups is 1. The van der Waals surface area contributed by atoms with Crippen molar-refractivity contribution < 1.29 is 9.84 Å². The molecule has 1 aromatic carbocycles. The minimum absolute atomic E-state index is 0.454. The van der Waals surface area contributed by atoms with Crippen LogP contribution in [0.1, 0.15) is 23.1 Å². The van der Waals surface area contributed by atoms with Crippen LogP contribution >= 0.6 is 0 Å². The highest BCUT2D eigenvalue weighted by molar-refractivity contribution is 5.73. The first-order chi connectivity index (χ1) is 8.70. The lowest BCUT2D eigenvalue weighted by atomic mass is 9.99.